The molecule has 0 saturated carbocycles. The second kappa shape index (κ2) is 3.52. The molecule has 0 radical (unpaired) electrons. The molecule has 1 aromatic carbocycles. The van der Waals surface area contributed by atoms with Crippen LogP contribution in [0.15, 0.2) is 12.1 Å². The largest absolute Gasteiger partial charge is 0.340 e. The maximum Gasteiger partial charge on any atom is 0.161 e. The van der Waals surface area contributed by atoms with Crippen LogP contribution >= 0.6 is 0 Å². The molecule has 2 aromatic rings. The van der Waals surface area contributed by atoms with Crippen LogP contribution in [0.3, 0.4) is 0 Å². The van der Waals surface area contributed by atoms with Crippen LogP contribution in [0.5, 0.6) is 0 Å². The van der Waals surface area contributed by atoms with E-state index in [-0.39, 0.29) is 0 Å². The van der Waals surface area contributed by atoms with E-state index < -0.39 is 17.2 Å². The van der Waals surface area contributed by atoms with Crippen molar-refractivity contribution in [3.05, 3.63) is 29.6 Å². The summed E-state index contributed by atoms with van der Waals surface area (Å²) in [5.74, 6) is -1.26. The monoisotopic (exact) mass is 225 g/mol. The fourth-order valence-corrected chi connectivity index (χ4v) is 1.44. The Morgan fingerprint density at radius 1 is 1.38 bits per heavy atom. The van der Waals surface area contributed by atoms with E-state index in [4.69, 9.17) is 5.73 Å². The van der Waals surface area contributed by atoms with Crippen molar-refractivity contribution >= 4 is 11.0 Å². The number of benzene rings is 1. The maximum absolute atomic E-state index is 13.0. The highest BCUT2D eigenvalue weighted by molar-refractivity contribution is 5.75. The average molecular weight is 225 g/mol. The number of aromatic amines is 1. The highest BCUT2D eigenvalue weighted by Gasteiger charge is 2.23. The van der Waals surface area contributed by atoms with Gasteiger partial charge in [0.1, 0.15) is 5.82 Å². The number of nitrogens with one attached hydrogen (secondary N) is 1. The zero-order valence-corrected chi connectivity index (χ0v) is 9.14. The predicted octanol–water partition coefficient (Wildman–Crippen LogP) is 2.42. The molecule has 0 amide bonds. The summed E-state index contributed by atoms with van der Waals surface area (Å²) in [4.78, 5) is 7.08. The third-order valence-corrected chi connectivity index (χ3v) is 2.80. The Kier molecular flexibility index (Phi) is 2.42. The molecule has 3 nitrogen and oxygen atoms in total. The number of H-pyrrole nitrogens is 1. The van der Waals surface area contributed by atoms with Gasteiger partial charge in [-0.3, -0.25) is 0 Å². The lowest BCUT2D eigenvalue weighted by molar-refractivity contribution is 0.451. The van der Waals surface area contributed by atoms with Crippen molar-refractivity contribution in [1.29, 1.82) is 0 Å². The van der Waals surface area contributed by atoms with Gasteiger partial charge in [0.05, 0.1) is 16.6 Å². The zero-order valence-electron chi connectivity index (χ0n) is 9.14. The predicted molar refractivity (Wildman–Crippen MR) is 57.8 cm³/mol. The smallest absolute Gasteiger partial charge is 0.161 e. The summed E-state index contributed by atoms with van der Waals surface area (Å²) in [6.07, 6.45) is 0.678. The normalized spacial score (nSPS) is 15.3. The number of imidazole rings is 1. The molecule has 86 valence electrons. The number of hydrogen-bond acceptors (Lipinski definition) is 2. The van der Waals surface area contributed by atoms with Crippen LogP contribution in [0.1, 0.15) is 26.1 Å². The van der Waals surface area contributed by atoms with Gasteiger partial charge in [-0.05, 0) is 13.3 Å². The molecule has 2 rings (SSSR count). The number of rotatable bonds is 2. The molecule has 0 bridgehead atoms. The first-order valence-electron chi connectivity index (χ1n) is 5.08. The molecule has 16 heavy (non-hydrogen) atoms. The molecule has 1 atom stereocenters. The molecule has 1 heterocycles. The van der Waals surface area contributed by atoms with E-state index in [1.807, 2.05) is 13.8 Å². The summed E-state index contributed by atoms with van der Waals surface area (Å²) in [6, 6.07) is 2.16. The molecule has 0 aliphatic heterocycles. The summed E-state index contributed by atoms with van der Waals surface area (Å²) < 4.78 is 26.0. The van der Waals surface area contributed by atoms with Gasteiger partial charge in [0.15, 0.2) is 11.6 Å². The molecule has 0 aliphatic rings. The van der Waals surface area contributed by atoms with E-state index >= 15 is 0 Å². The van der Waals surface area contributed by atoms with Crippen molar-refractivity contribution in [2.45, 2.75) is 25.8 Å². The second-order valence-corrected chi connectivity index (χ2v) is 4.14. The van der Waals surface area contributed by atoms with Crippen molar-refractivity contribution in [3.63, 3.8) is 0 Å². The highest BCUT2D eigenvalue weighted by Crippen LogP contribution is 2.23. The number of aromatic nitrogens is 2. The third-order valence-electron chi connectivity index (χ3n) is 2.80. The highest BCUT2D eigenvalue weighted by atomic mass is 19.2. The van der Waals surface area contributed by atoms with Crippen molar-refractivity contribution in [2.75, 3.05) is 0 Å². The lowest BCUT2D eigenvalue weighted by Gasteiger charge is -2.19. The standard InChI is InChI=1S/C11H13F2N3/c1-3-11(2,14)10-15-8-4-6(12)7(13)5-9(8)16-10/h4-5H,3,14H2,1-2H3,(H,15,16). The van der Waals surface area contributed by atoms with Crippen molar-refractivity contribution in [3.8, 4) is 0 Å². The van der Waals surface area contributed by atoms with Crippen LogP contribution in [0.2, 0.25) is 0 Å². The van der Waals surface area contributed by atoms with Gasteiger partial charge in [0.25, 0.3) is 0 Å². The third kappa shape index (κ3) is 1.67. The van der Waals surface area contributed by atoms with Gasteiger partial charge in [-0.15, -0.1) is 0 Å². The summed E-state index contributed by atoms with van der Waals surface area (Å²) >= 11 is 0. The van der Waals surface area contributed by atoms with E-state index in [2.05, 4.69) is 9.97 Å². The van der Waals surface area contributed by atoms with Crippen molar-refractivity contribution in [2.24, 2.45) is 5.73 Å². The van der Waals surface area contributed by atoms with E-state index in [1.165, 1.54) is 0 Å². The minimum absolute atomic E-state index is 0.388. The Hall–Kier alpha value is -1.49. The minimum atomic E-state index is -0.902. The van der Waals surface area contributed by atoms with Gasteiger partial charge in [-0.2, -0.15) is 0 Å². The van der Waals surface area contributed by atoms with Gasteiger partial charge in [-0.1, -0.05) is 6.92 Å². The van der Waals surface area contributed by atoms with Crippen LogP contribution in [-0.2, 0) is 5.54 Å². The molecule has 1 aromatic heterocycles. The Morgan fingerprint density at radius 3 is 2.62 bits per heavy atom. The average Bonchev–Trinajstić information content (AvgIpc) is 2.62. The van der Waals surface area contributed by atoms with Crippen LogP contribution in [0.4, 0.5) is 8.78 Å². The van der Waals surface area contributed by atoms with Crippen LogP contribution < -0.4 is 5.73 Å². The lowest BCUT2D eigenvalue weighted by Crippen LogP contribution is -2.33. The number of fused-ring (bicyclic) bond motifs is 1. The molecule has 0 spiro atoms. The van der Waals surface area contributed by atoms with E-state index in [1.54, 1.807) is 0 Å². The lowest BCUT2D eigenvalue weighted by atomic mass is 10.0. The number of nitrogens with zero attached hydrogens (tertiary/aromatic N) is 1. The summed E-state index contributed by atoms with van der Waals surface area (Å²) in [5.41, 5.74) is 6.22. The molecular formula is C11H13F2N3. The topological polar surface area (TPSA) is 54.7 Å². The van der Waals surface area contributed by atoms with Crippen LogP contribution in [0.25, 0.3) is 11.0 Å². The van der Waals surface area contributed by atoms with Crippen molar-refractivity contribution in [1.82, 2.24) is 9.97 Å². The van der Waals surface area contributed by atoms with Crippen LogP contribution in [-0.4, -0.2) is 9.97 Å². The number of hydrogen-bond donors (Lipinski definition) is 2. The molecular weight excluding hydrogens is 212 g/mol. The first-order valence-corrected chi connectivity index (χ1v) is 5.08. The Labute approximate surface area is 91.7 Å². The van der Waals surface area contributed by atoms with Gasteiger partial charge in [-0.25, -0.2) is 13.8 Å². The van der Waals surface area contributed by atoms with Crippen molar-refractivity contribution < 1.29 is 8.78 Å². The Morgan fingerprint density at radius 2 is 2.00 bits per heavy atom. The van der Waals surface area contributed by atoms with E-state index in [0.717, 1.165) is 12.1 Å². The van der Waals surface area contributed by atoms with Crippen LogP contribution in [0, 0.1) is 11.6 Å². The number of halogens is 2. The quantitative estimate of drug-likeness (QED) is 0.824. The first kappa shape index (κ1) is 11.0. The fourth-order valence-electron chi connectivity index (χ4n) is 1.44. The van der Waals surface area contributed by atoms with Gasteiger partial charge < -0.3 is 10.7 Å². The maximum atomic E-state index is 13.0. The molecule has 5 heteroatoms. The molecule has 0 saturated heterocycles. The summed E-state index contributed by atoms with van der Waals surface area (Å²) in [5, 5.41) is 0. The molecule has 0 aliphatic carbocycles. The summed E-state index contributed by atoms with van der Waals surface area (Å²) in [7, 11) is 0. The Balaban J connectivity index is 2.61. The van der Waals surface area contributed by atoms with Gasteiger partial charge in [0.2, 0.25) is 0 Å². The van der Waals surface area contributed by atoms with Gasteiger partial charge in [0, 0.05) is 12.1 Å². The summed E-state index contributed by atoms with van der Waals surface area (Å²) in [6.45, 7) is 3.74. The zero-order chi connectivity index (χ0) is 11.9. The first-order chi connectivity index (χ1) is 7.44. The SMILES string of the molecule is CCC(C)(N)c1nc2cc(F)c(F)cc2[nH]1. The number of nitrogens with two attached hydrogens (primary N) is 1. The molecule has 1 unspecified atom stereocenters. The second-order valence-electron chi connectivity index (χ2n) is 4.14. The molecule has 0 fully saturated rings. The fraction of sp³-hybridized carbons (Fsp3) is 0.364. The van der Waals surface area contributed by atoms with E-state index in [0.29, 0.717) is 23.3 Å². The molecule has 3 N–H and O–H groups in total. The van der Waals surface area contributed by atoms with E-state index in [9.17, 15) is 8.78 Å². The minimum Gasteiger partial charge on any atom is -0.340 e. The van der Waals surface area contributed by atoms with Gasteiger partial charge >= 0.3 is 0 Å². The Bertz CT molecular complexity index is 492.